The third-order valence-corrected chi connectivity index (χ3v) is 4.16. The molecule has 0 saturated heterocycles. The third-order valence-electron chi connectivity index (χ3n) is 4.16. The van der Waals surface area contributed by atoms with Gasteiger partial charge in [-0.25, -0.2) is 10.2 Å². The van der Waals surface area contributed by atoms with Crippen molar-refractivity contribution >= 4 is 22.7 Å². The monoisotopic (exact) mass is 355 g/mol. The van der Waals surface area contributed by atoms with E-state index in [1.807, 2.05) is 43.3 Å². The van der Waals surface area contributed by atoms with E-state index in [2.05, 4.69) is 20.6 Å². The van der Waals surface area contributed by atoms with Crippen LogP contribution in [0.5, 0.6) is 11.5 Å². The van der Waals surface area contributed by atoms with E-state index in [4.69, 9.17) is 9.47 Å². The molecule has 1 aromatic heterocycles. The summed E-state index contributed by atoms with van der Waals surface area (Å²) in [6, 6.07) is 11.5. The Kier molecular flexibility index (Phi) is 4.88. The number of methoxy groups -OCH3 is 3. The quantitative estimate of drug-likeness (QED) is 0.606. The molecule has 0 bridgehead atoms. The highest BCUT2D eigenvalue weighted by atomic mass is 16.5. The highest BCUT2D eigenvalue weighted by Gasteiger charge is 2.16. The first-order chi connectivity index (χ1) is 12.6. The van der Waals surface area contributed by atoms with Gasteiger partial charge < -0.3 is 19.2 Å². The molecule has 3 aromatic rings. The first-order valence-corrected chi connectivity index (χ1v) is 8.02. The normalized spacial score (nSPS) is 10.5. The Labute approximate surface area is 151 Å². The number of ether oxygens (including phenoxy) is 3. The molecule has 0 unspecified atom stereocenters. The first kappa shape index (κ1) is 17.5. The van der Waals surface area contributed by atoms with Crippen LogP contribution in [-0.2, 0) is 4.74 Å². The number of fused-ring (bicyclic) bond motifs is 1. The molecular formula is C19H21N3O4. The Hall–Kier alpha value is -3.35. The van der Waals surface area contributed by atoms with Gasteiger partial charge in [-0.2, -0.15) is 0 Å². The van der Waals surface area contributed by atoms with Gasteiger partial charge in [-0.1, -0.05) is 0 Å². The second-order valence-electron chi connectivity index (χ2n) is 5.69. The van der Waals surface area contributed by atoms with Crippen LogP contribution in [0.1, 0.15) is 5.69 Å². The van der Waals surface area contributed by atoms with Gasteiger partial charge in [0.05, 0.1) is 27.0 Å². The number of rotatable bonds is 5. The highest BCUT2D eigenvalue weighted by molar-refractivity contribution is 5.99. The summed E-state index contributed by atoms with van der Waals surface area (Å²) in [5, 5.41) is 1.05. The Morgan fingerprint density at radius 3 is 2.54 bits per heavy atom. The molecule has 3 N–H and O–H groups in total. The Balaban J connectivity index is 2.05. The van der Waals surface area contributed by atoms with Crippen LogP contribution < -0.4 is 20.3 Å². The maximum atomic E-state index is 11.2. The minimum atomic E-state index is -0.576. The zero-order valence-electron chi connectivity index (χ0n) is 15.1. The zero-order valence-corrected chi connectivity index (χ0v) is 15.1. The fourth-order valence-electron chi connectivity index (χ4n) is 2.93. The van der Waals surface area contributed by atoms with Crippen LogP contribution >= 0.6 is 0 Å². The standard InChI is InChI=1S/C19H21N3O4/c1-11-18(15-10-13(24-2)6-8-16(15)20-11)14-7-5-12(9-17(14)25-3)21-22-19(23)26-4/h5-10,20-21H,1-4H3,(H,22,23). The number of hydrogen-bond donors (Lipinski definition) is 3. The number of aromatic nitrogens is 1. The lowest BCUT2D eigenvalue weighted by molar-refractivity contribution is 0.173. The summed E-state index contributed by atoms with van der Waals surface area (Å²) in [4.78, 5) is 14.6. The molecule has 0 saturated carbocycles. The SMILES string of the molecule is COC(=O)NNc1ccc(-c2c(C)[nH]c3ccc(OC)cc23)c(OC)c1. The van der Waals surface area contributed by atoms with Crippen molar-refractivity contribution in [1.82, 2.24) is 10.4 Å². The smallest absolute Gasteiger partial charge is 0.425 e. The van der Waals surface area contributed by atoms with Crippen LogP contribution in [0.4, 0.5) is 10.5 Å². The second kappa shape index (κ2) is 7.26. The van der Waals surface area contributed by atoms with Gasteiger partial charge in [0.2, 0.25) is 0 Å². The van der Waals surface area contributed by atoms with Crippen LogP contribution in [0.3, 0.4) is 0 Å². The second-order valence-corrected chi connectivity index (χ2v) is 5.69. The molecule has 3 rings (SSSR count). The van der Waals surface area contributed by atoms with E-state index in [0.29, 0.717) is 11.4 Å². The minimum absolute atomic E-state index is 0.576. The molecule has 1 heterocycles. The van der Waals surface area contributed by atoms with Gasteiger partial charge in [-0.15, -0.1) is 0 Å². The van der Waals surface area contributed by atoms with Gasteiger partial charge in [0.25, 0.3) is 0 Å². The van der Waals surface area contributed by atoms with Gasteiger partial charge in [0.1, 0.15) is 11.5 Å². The van der Waals surface area contributed by atoms with Crippen molar-refractivity contribution < 1.29 is 19.0 Å². The van der Waals surface area contributed by atoms with Gasteiger partial charge in [0, 0.05) is 33.8 Å². The van der Waals surface area contributed by atoms with Gasteiger partial charge in [-0.05, 0) is 37.3 Å². The molecule has 7 heteroatoms. The molecule has 0 spiro atoms. The van der Waals surface area contributed by atoms with Gasteiger partial charge in [-0.3, -0.25) is 5.43 Å². The third kappa shape index (κ3) is 3.23. The van der Waals surface area contributed by atoms with Crippen LogP contribution in [0.2, 0.25) is 0 Å². The summed E-state index contributed by atoms with van der Waals surface area (Å²) in [5.41, 5.74) is 9.91. The summed E-state index contributed by atoms with van der Waals surface area (Å²) in [5.74, 6) is 1.46. The number of aryl methyl sites for hydroxylation is 1. The van der Waals surface area contributed by atoms with Crippen LogP contribution in [0.15, 0.2) is 36.4 Å². The van der Waals surface area contributed by atoms with Crippen molar-refractivity contribution in [3.63, 3.8) is 0 Å². The number of aromatic amines is 1. The molecular weight excluding hydrogens is 334 g/mol. The van der Waals surface area contributed by atoms with E-state index in [9.17, 15) is 4.79 Å². The Morgan fingerprint density at radius 1 is 1.04 bits per heavy atom. The molecule has 136 valence electrons. The first-order valence-electron chi connectivity index (χ1n) is 8.02. The number of benzene rings is 2. The molecule has 0 aliphatic heterocycles. The largest absolute Gasteiger partial charge is 0.497 e. The number of carbonyl (C=O) groups excluding carboxylic acids is 1. The van der Waals surface area contributed by atoms with Crippen molar-refractivity contribution in [2.24, 2.45) is 0 Å². The average molecular weight is 355 g/mol. The van der Waals surface area contributed by atoms with Crippen LogP contribution in [-0.4, -0.2) is 32.4 Å². The number of amides is 1. The van der Waals surface area contributed by atoms with Crippen molar-refractivity contribution in [2.45, 2.75) is 6.92 Å². The molecule has 7 nitrogen and oxygen atoms in total. The Bertz CT molecular complexity index is 949. The molecule has 1 amide bonds. The summed E-state index contributed by atoms with van der Waals surface area (Å²) < 4.78 is 15.5. The maximum Gasteiger partial charge on any atom is 0.425 e. The summed E-state index contributed by atoms with van der Waals surface area (Å²) >= 11 is 0. The number of hydrogen-bond acceptors (Lipinski definition) is 5. The van der Waals surface area contributed by atoms with E-state index >= 15 is 0 Å². The van der Waals surface area contributed by atoms with Crippen molar-refractivity contribution in [2.75, 3.05) is 26.8 Å². The number of carbonyl (C=O) groups is 1. The molecule has 0 aliphatic rings. The number of hydrazine groups is 1. The lowest BCUT2D eigenvalue weighted by atomic mass is 10.0. The van der Waals surface area contributed by atoms with E-state index in [-0.39, 0.29) is 0 Å². The molecule has 0 fully saturated rings. The van der Waals surface area contributed by atoms with Crippen molar-refractivity contribution in [3.8, 4) is 22.6 Å². The zero-order chi connectivity index (χ0) is 18.7. The summed E-state index contributed by atoms with van der Waals surface area (Å²) in [6.07, 6.45) is -0.576. The number of anilines is 1. The van der Waals surface area contributed by atoms with E-state index in [1.165, 1.54) is 7.11 Å². The molecule has 2 aromatic carbocycles. The van der Waals surface area contributed by atoms with Gasteiger partial charge >= 0.3 is 6.09 Å². The lowest BCUT2D eigenvalue weighted by Crippen LogP contribution is -2.28. The Morgan fingerprint density at radius 2 is 1.85 bits per heavy atom. The predicted molar refractivity (Wildman–Crippen MR) is 101 cm³/mol. The topological polar surface area (TPSA) is 84.6 Å². The van der Waals surface area contributed by atoms with E-state index in [0.717, 1.165) is 33.5 Å². The maximum absolute atomic E-state index is 11.2. The van der Waals surface area contributed by atoms with Crippen molar-refractivity contribution in [1.29, 1.82) is 0 Å². The summed E-state index contributed by atoms with van der Waals surface area (Å²) in [6.45, 7) is 2.02. The molecule has 0 atom stereocenters. The lowest BCUT2D eigenvalue weighted by Gasteiger charge is -2.13. The fraction of sp³-hybridized carbons (Fsp3) is 0.211. The molecule has 26 heavy (non-hydrogen) atoms. The van der Waals surface area contributed by atoms with Crippen molar-refractivity contribution in [3.05, 3.63) is 42.1 Å². The van der Waals surface area contributed by atoms with Gasteiger partial charge in [0.15, 0.2) is 0 Å². The number of nitrogens with one attached hydrogen (secondary N) is 3. The summed E-state index contributed by atoms with van der Waals surface area (Å²) in [7, 11) is 4.56. The van der Waals surface area contributed by atoms with Crippen LogP contribution in [0, 0.1) is 6.92 Å². The predicted octanol–water partition coefficient (Wildman–Crippen LogP) is 3.84. The molecule has 0 aliphatic carbocycles. The molecule has 0 radical (unpaired) electrons. The minimum Gasteiger partial charge on any atom is -0.497 e. The average Bonchev–Trinajstić information content (AvgIpc) is 3.00. The van der Waals surface area contributed by atoms with E-state index < -0.39 is 6.09 Å². The number of H-pyrrole nitrogens is 1. The van der Waals surface area contributed by atoms with Crippen LogP contribution in [0.25, 0.3) is 22.0 Å². The van der Waals surface area contributed by atoms with E-state index in [1.54, 1.807) is 14.2 Å². The fourth-order valence-corrected chi connectivity index (χ4v) is 2.93. The highest BCUT2D eigenvalue weighted by Crippen LogP contribution is 2.40.